The average molecular weight is 574 g/mol. The van der Waals surface area contributed by atoms with E-state index in [4.69, 9.17) is 15.5 Å². The molecule has 0 aliphatic heterocycles. The minimum Gasteiger partial charge on any atom is -0.415 e. The van der Waals surface area contributed by atoms with Crippen molar-refractivity contribution in [3.05, 3.63) is 93.7 Å². The van der Waals surface area contributed by atoms with E-state index in [0.717, 1.165) is 0 Å². The Balaban J connectivity index is 2.59. The number of nitrogens with zero attached hydrogens (tertiary/aromatic N) is 14. The van der Waals surface area contributed by atoms with Crippen LogP contribution in [0.2, 0.25) is 0 Å². The molecule has 206 valence electrons. The van der Waals surface area contributed by atoms with E-state index < -0.39 is 97.9 Å². The van der Waals surface area contributed by atoms with E-state index in [2.05, 4.69) is 30.2 Å². The summed E-state index contributed by atoms with van der Waals surface area (Å²) < 4.78 is 5.04. The summed E-state index contributed by atoms with van der Waals surface area (Å²) in [6, 6.07) is 0.533. The largest absolute Gasteiger partial charge is 0.415 e. The fraction of sp³-hybridized carbons (Fsp3) is 0. The first-order valence-corrected chi connectivity index (χ1v) is 9.49. The molecule has 0 fully saturated rings. The lowest BCUT2D eigenvalue weighted by molar-refractivity contribution is -0.402. The highest BCUT2D eigenvalue weighted by molar-refractivity contribution is 5.98. The Morgan fingerprint density at radius 3 is 1.32 bits per heavy atom. The number of aromatic nitrogens is 2. The highest BCUT2D eigenvalue weighted by atomic mass is 16.6. The van der Waals surface area contributed by atoms with E-state index in [9.17, 15) is 60.7 Å². The molecule has 0 spiro atoms. The van der Waals surface area contributed by atoms with Crippen LogP contribution in [0.3, 0.4) is 0 Å². The van der Waals surface area contributed by atoms with Crippen LogP contribution in [0.15, 0.2) is 26.8 Å². The van der Waals surface area contributed by atoms with E-state index >= 15 is 0 Å². The zero-order valence-corrected chi connectivity index (χ0v) is 18.7. The number of benzene rings is 2. The van der Waals surface area contributed by atoms with Crippen molar-refractivity contribution < 1.29 is 34.0 Å². The van der Waals surface area contributed by atoms with Gasteiger partial charge in [0.25, 0.3) is 28.8 Å². The van der Waals surface area contributed by atoms with Gasteiger partial charge in [0.05, 0.1) is 41.7 Å². The molecule has 3 aromatic rings. The van der Waals surface area contributed by atoms with Gasteiger partial charge in [0.1, 0.15) is 0 Å². The molecule has 1 heterocycles. The Labute approximate surface area is 217 Å². The number of nitro benzene ring substituents is 6. The Kier molecular flexibility index (Phi) is 7.24. The summed E-state index contributed by atoms with van der Waals surface area (Å²) in [7, 11) is 0. The van der Waals surface area contributed by atoms with Crippen LogP contribution in [-0.4, -0.2) is 39.7 Å². The van der Waals surface area contributed by atoms with Gasteiger partial charge in [-0.2, -0.15) is 0 Å². The molecule has 27 heteroatoms. The lowest BCUT2D eigenvalue weighted by Gasteiger charge is -2.07. The van der Waals surface area contributed by atoms with Crippen molar-refractivity contribution in [3.8, 4) is 22.9 Å². The molecule has 0 saturated carbocycles. The predicted octanol–water partition coefficient (Wildman–Crippen LogP) is 4.74. The van der Waals surface area contributed by atoms with Crippen LogP contribution in [0.4, 0.5) is 45.5 Å². The summed E-state index contributed by atoms with van der Waals surface area (Å²) >= 11 is 0. The second-order valence-electron chi connectivity index (χ2n) is 6.81. The van der Waals surface area contributed by atoms with E-state index in [-0.39, 0.29) is 12.1 Å². The monoisotopic (exact) mass is 574 g/mol. The Morgan fingerprint density at radius 1 is 0.610 bits per heavy atom. The van der Waals surface area contributed by atoms with Crippen molar-refractivity contribution >= 4 is 45.5 Å². The van der Waals surface area contributed by atoms with Gasteiger partial charge in [-0.05, 0) is 21.3 Å². The molecule has 0 atom stereocenters. The summed E-state index contributed by atoms with van der Waals surface area (Å²) in [6.45, 7) is 0. The number of nitro groups is 6. The first-order chi connectivity index (χ1) is 19.3. The smallest absolute Gasteiger partial charge is 0.305 e. The maximum Gasteiger partial charge on any atom is 0.305 e. The van der Waals surface area contributed by atoms with Gasteiger partial charge in [0, 0.05) is 9.82 Å². The van der Waals surface area contributed by atoms with Crippen molar-refractivity contribution in [2.75, 3.05) is 0 Å². The molecule has 0 aliphatic carbocycles. The SMILES string of the molecule is [N-]=[N+]=Nc1c([N+](=O)[O-])c(N=[N+]=[N-])c([N+](=O)[O-])c(-c2nnc(-c3c([N+](=O)[O-])cc([N+](=O)[O-])cc3[N+](=O)[O-])o2)c1[N+](=O)[O-]. The Hall–Kier alpha value is -7.40. The molecule has 27 nitrogen and oxygen atoms in total. The molecule has 1 aromatic heterocycles. The van der Waals surface area contributed by atoms with Gasteiger partial charge in [-0.25, -0.2) is 0 Å². The van der Waals surface area contributed by atoms with Gasteiger partial charge in [0.2, 0.25) is 0 Å². The molecule has 41 heavy (non-hydrogen) atoms. The molecule has 2 aromatic carbocycles. The molecular formula is C14H2N14O13. The second-order valence-corrected chi connectivity index (χ2v) is 6.81. The van der Waals surface area contributed by atoms with Crippen molar-refractivity contribution in [3.63, 3.8) is 0 Å². The molecule has 0 amide bonds. The molecular weight excluding hydrogens is 572 g/mol. The molecule has 0 unspecified atom stereocenters. The summed E-state index contributed by atoms with van der Waals surface area (Å²) in [6.07, 6.45) is 0. The van der Waals surface area contributed by atoms with Gasteiger partial charge < -0.3 is 4.42 Å². The van der Waals surface area contributed by atoms with Crippen molar-refractivity contribution in [2.45, 2.75) is 0 Å². The van der Waals surface area contributed by atoms with Gasteiger partial charge in [0.15, 0.2) is 22.5 Å². The van der Waals surface area contributed by atoms with E-state index in [1.807, 2.05) is 0 Å². The van der Waals surface area contributed by atoms with Gasteiger partial charge >= 0.3 is 17.1 Å². The van der Waals surface area contributed by atoms with E-state index in [0.29, 0.717) is 0 Å². The van der Waals surface area contributed by atoms with Crippen LogP contribution >= 0.6 is 0 Å². The maximum atomic E-state index is 11.9. The third-order valence-electron chi connectivity index (χ3n) is 4.75. The van der Waals surface area contributed by atoms with Crippen LogP contribution in [0.25, 0.3) is 43.8 Å². The lowest BCUT2D eigenvalue weighted by atomic mass is 10.0. The zero-order chi connectivity index (χ0) is 30.8. The lowest BCUT2D eigenvalue weighted by Crippen LogP contribution is -2.03. The van der Waals surface area contributed by atoms with Crippen LogP contribution in [-0.2, 0) is 0 Å². The van der Waals surface area contributed by atoms with Crippen LogP contribution in [0.1, 0.15) is 0 Å². The Morgan fingerprint density at radius 2 is 1.00 bits per heavy atom. The quantitative estimate of drug-likeness (QED) is 0.104. The van der Waals surface area contributed by atoms with Crippen molar-refractivity contribution in [1.82, 2.24) is 10.2 Å². The van der Waals surface area contributed by atoms with E-state index in [1.54, 1.807) is 0 Å². The average Bonchev–Trinajstić information content (AvgIpc) is 3.36. The maximum absolute atomic E-state index is 11.9. The number of hydrogen-bond donors (Lipinski definition) is 0. The Bertz CT molecular complexity index is 1740. The molecule has 3 rings (SSSR count). The molecule has 0 saturated heterocycles. The summed E-state index contributed by atoms with van der Waals surface area (Å²) in [5, 5.41) is 81.8. The molecule has 0 bridgehead atoms. The van der Waals surface area contributed by atoms with Crippen molar-refractivity contribution in [2.24, 2.45) is 10.2 Å². The molecule has 0 N–H and O–H groups in total. The summed E-state index contributed by atoms with van der Waals surface area (Å²) in [4.78, 5) is 65.7. The third-order valence-corrected chi connectivity index (χ3v) is 4.75. The number of hydrogen-bond acceptors (Lipinski definition) is 17. The van der Waals surface area contributed by atoms with Crippen molar-refractivity contribution in [1.29, 1.82) is 0 Å². The van der Waals surface area contributed by atoms with Gasteiger partial charge in [-0.3, -0.25) is 60.7 Å². The number of rotatable bonds is 10. The predicted molar refractivity (Wildman–Crippen MR) is 123 cm³/mol. The fourth-order valence-electron chi connectivity index (χ4n) is 3.33. The first kappa shape index (κ1) is 28.2. The third kappa shape index (κ3) is 4.82. The minimum absolute atomic E-state index is 0.266. The second kappa shape index (κ2) is 10.5. The molecule has 0 aliphatic rings. The van der Waals surface area contributed by atoms with E-state index in [1.165, 1.54) is 0 Å². The number of non-ortho nitro benzene ring substituents is 1. The topological polar surface area (TPSA) is 395 Å². The van der Waals surface area contributed by atoms with Gasteiger partial charge in [-0.1, -0.05) is 0 Å². The minimum atomic E-state index is -1.71. The normalized spacial score (nSPS) is 10.1. The standard InChI is InChI=1S/C14H2N14O13/c15-21-17-8-10(26(35)36)7(11(27(37)38)9(18-22-16)12(8)28(39)40)14-20-19-13(41-14)6-4(24(31)32)1-3(23(29)30)2-5(6)25(33)34/h1-2H. The number of azide groups is 2. The van der Waals surface area contributed by atoms with Gasteiger partial charge in [-0.15, -0.1) is 10.2 Å². The van der Waals surface area contributed by atoms with Crippen LogP contribution < -0.4 is 0 Å². The summed E-state index contributed by atoms with van der Waals surface area (Å²) in [5.41, 5.74) is 3.02. The fourth-order valence-corrected chi connectivity index (χ4v) is 3.33. The first-order valence-electron chi connectivity index (χ1n) is 9.49. The van der Waals surface area contributed by atoms with Crippen LogP contribution in [0.5, 0.6) is 0 Å². The molecule has 0 radical (unpaired) electrons. The highest BCUT2D eigenvalue weighted by Gasteiger charge is 2.45. The zero-order valence-electron chi connectivity index (χ0n) is 18.7. The summed E-state index contributed by atoms with van der Waals surface area (Å²) in [5.74, 6) is -2.59. The highest BCUT2D eigenvalue weighted by Crippen LogP contribution is 2.56. The van der Waals surface area contributed by atoms with Crippen LogP contribution in [0, 0.1) is 60.7 Å².